The molecule has 0 aliphatic heterocycles. The lowest BCUT2D eigenvalue weighted by atomic mass is 10.0. The van der Waals surface area contributed by atoms with E-state index < -0.39 is 96.9 Å². The zero-order valence-electron chi connectivity index (χ0n) is 33.8. The summed E-state index contributed by atoms with van der Waals surface area (Å²) in [6.07, 6.45) is -0.525. The quantitative estimate of drug-likeness (QED) is 0.0406. The highest BCUT2D eigenvalue weighted by atomic mass is 16.4. The van der Waals surface area contributed by atoms with E-state index in [-0.39, 0.29) is 31.4 Å². The van der Waals surface area contributed by atoms with E-state index in [0.29, 0.717) is 36.1 Å². The van der Waals surface area contributed by atoms with Crippen molar-refractivity contribution in [1.29, 1.82) is 0 Å². The van der Waals surface area contributed by atoms with Gasteiger partial charge in [0.1, 0.15) is 36.0 Å². The SMILES string of the molecule is C[C@@H](O)[C@H](NC(=O)CNC(=O)[C@@H](N)Cc1ccc(O)cc1)C(=O)N[C@@H](CO)C(=O)N[C@@H](Cc1ccccc1)C(=O)N[C@@H](Cc1ccccc1)C(=O)N[C@@H](CCCCN)C(=O)O. The minimum atomic E-state index is -1.71. The van der Waals surface area contributed by atoms with Crippen molar-refractivity contribution in [3.05, 3.63) is 102 Å². The van der Waals surface area contributed by atoms with Crippen LogP contribution in [0, 0.1) is 0 Å². The van der Waals surface area contributed by atoms with E-state index >= 15 is 0 Å². The fourth-order valence-electron chi connectivity index (χ4n) is 6.05. The molecule has 0 fully saturated rings. The zero-order chi connectivity index (χ0) is 44.9. The molecule has 19 nitrogen and oxygen atoms in total. The highest BCUT2D eigenvalue weighted by Gasteiger charge is 2.34. The number of carboxylic acids is 1. The summed E-state index contributed by atoms with van der Waals surface area (Å²) in [7, 11) is 0. The molecule has 0 unspecified atom stereocenters. The second-order valence-corrected chi connectivity index (χ2v) is 14.4. The van der Waals surface area contributed by atoms with Gasteiger partial charge in [0.2, 0.25) is 35.4 Å². The number of aliphatic hydroxyl groups excluding tert-OH is 2. The lowest BCUT2D eigenvalue weighted by Gasteiger charge is -2.27. The maximum Gasteiger partial charge on any atom is 0.326 e. The third-order valence-corrected chi connectivity index (χ3v) is 9.44. The molecule has 0 aromatic heterocycles. The number of aromatic hydroxyl groups is 1. The summed E-state index contributed by atoms with van der Waals surface area (Å²) in [5.41, 5.74) is 13.4. The van der Waals surface area contributed by atoms with Crippen LogP contribution in [0.4, 0.5) is 0 Å². The monoisotopic (exact) mass is 848 g/mol. The molecule has 0 spiro atoms. The summed E-state index contributed by atoms with van der Waals surface area (Å²) in [6.45, 7) is -0.0896. The number of aliphatic carboxylic acids is 1. The lowest BCUT2D eigenvalue weighted by molar-refractivity contribution is -0.142. The second-order valence-electron chi connectivity index (χ2n) is 14.4. The molecular weight excluding hydrogens is 793 g/mol. The number of hydrogen-bond acceptors (Lipinski definition) is 12. The first-order chi connectivity index (χ1) is 29.1. The number of carboxylic acid groups (broad SMARTS) is 1. The fourth-order valence-corrected chi connectivity index (χ4v) is 6.05. The summed E-state index contributed by atoms with van der Waals surface area (Å²) in [6, 6.07) is 14.8. The smallest absolute Gasteiger partial charge is 0.326 e. The van der Waals surface area contributed by atoms with Gasteiger partial charge in [-0.15, -0.1) is 0 Å². The van der Waals surface area contributed by atoms with Crippen molar-refractivity contribution in [2.24, 2.45) is 11.5 Å². The van der Waals surface area contributed by atoms with Gasteiger partial charge in [-0.2, -0.15) is 0 Å². The van der Waals surface area contributed by atoms with E-state index in [2.05, 4.69) is 31.9 Å². The predicted octanol–water partition coefficient (Wildman–Crippen LogP) is -2.13. The average molecular weight is 849 g/mol. The molecule has 3 aromatic carbocycles. The number of nitrogens with one attached hydrogen (secondary N) is 6. The Hall–Kier alpha value is -6.41. The Labute approximate surface area is 353 Å². The van der Waals surface area contributed by atoms with Crippen molar-refractivity contribution in [2.75, 3.05) is 19.7 Å². The van der Waals surface area contributed by atoms with Gasteiger partial charge in [0, 0.05) is 12.8 Å². The fraction of sp³-hybridized carbons (Fsp3) is 0.405. The van der Waals surface area contributed by atoms with E-state index in [1.54, 1.807) is 72.8 Å². The molecule has 7 atom stereocenters. The number of rotatable bonds is 25. The molecule has 330 valence electrons. The Morgan fingerprint density at radius 3 is 1.56 bits per heavy atom. The average Bonchev–Trinajstić information content (AvgIpc) is 3.24. The normalized spacial score (nSPS) is 14.4. The van der Waals surface area contributed by atoms with Crippen LogP contribution in [0.5, 0.6) is 5.75 Å². The number of benzene rings is 3. The first-order valence-corrected chi connectivity index (χ1v) is 19.7. The van der Waals surface area contributed by atoms with Crippen molar-refractivity contribution in [3.8, 4) is 5.75 Å². The molecule has 6 amide bonds. The third-order valence-electron chi connectivity index (χ3n) is 9.44. The zero-order valence-corrected chi connectivity index (χ0v) is 33.8. The van der Waals surface area contributed by atoms with Crippen molar-refractivity contribution >= 4 is 41.4 Å². The molecule has 0 saturated heterocycles. The van der Waals surface area contributed by atoms with Gasteiger partial charge in [-0.1, -0.05) is 72.8 Å². The number of phenolic OH excluding ortho intramolecular Hbond substituents is 1. The predicted molar refractivity (Wildman–Crippen MR) is 222 cm³/mol. The lowest BCUT2D eigenvalue weighted by Crippen LogP contribution is -2.61. The van der Waals surface area contributed by atoms with Crippen molar-refractivity contribution < 1.29 is 54.0 Å². The molecule has 19 heteroatoms. The Morgan fingerprint density at radius 2 is 1.08 bits per heavy atom. The maximum absolute atomic E-state index is 14.0. The summed E-state index contributed by atoms with van der Waals surface area (Å²) in [5.74, 6) is -6.57. The van der Waals surface area contributed by atoms with Crippen LogP contribution in [-0.4, -0.2) is 124 Å². The minimum absolute atomic E-state index is 0.0342. The standard InChI is InChI=1S/C42H56N8O11/c1-25(52)36(50-35(54)23-45-37(55)30(44)20-28-15-17-29(53)18-16-28)41(59)49-34(24-51)40(58)48-33(22-27-12-6-3-7-13-27)39(57)47-32(21-26-10-4-2-5-11-26)38(56)46-31(42(60)61)14-8-9-19-43/h2-7,10-13,15-18,25,30-34,36,51-53H,8-9,14,19-24,43-44H2,1H3,(H,45,55)(H,46,56)(H,47,57)(H,48,58)(H,49,59)(H,50,54)(H,60,61)/t25-,30+,31+,32+,33+,34+,36+/m1/s1. The molecule has 61 heavy (non-hydrogen) atoms. The molecule has 0 radical (unpaired) electrons. The Balaban J connectivity index is 1.73. The summed E-state index contributed by atoms with van der Waals surface area (Å²) < 4.78 is 0. The van der Waals surface area contributed by atoms with Crippen molar-refractivity contribution in [1.82, 2.24) is 31.9 Å². The van der Waals surface area contributed by atoms with Gasteiger partial charge >= 0.3 is 5.97 Å². The molecule has 0 aliphatic rings. The molecule has 3 rings (SSSR count). The van der Waals surface area contributed by atoms with Crippen molar-refractivity contribution in [3.63, 3.8) is 0 Å². The number of aliphatic hydroxyl groups is 2. The number of unbranched alkanes of at least 4 members (excludes halogenated alkanes) is 1. The van der Waals surface area contributed by atoms with Gasteiger partial charge < -0.3 is 63.8 Å². The Morgan fingerprint density at radius 1 is 0.607 bits per heavy atom. The van der Waals surface area contributed by atoms with Crippen LogP contribution < -0.4 is 43.4 Å². The first kappa shape index (κ1) is 49.0. The maximum atomic E-state index is 14.0. The molecule has 14 N–H and O–H groups in total. The second kappa shape index (κ2) is 25.3. The van der Waals surface area contributed by atoms with Gasteiger partial charge in [0.25, 0.3) is 0 Å². The van der Waals surface area contributed by atoms with Crippen LogP contribution in [-0.2, 0) is 52.8 Å². The van der Waals surface area contributed by atoms with Crippen LogP contribution in [0.1, 0.15) is 42.9 Å². The topological polar surface area (TPSA) is 325 Å². The van der Waals surface area contributed by atoms with Gasteiger partial charge in [-0.3, -0.25) is 28.8 Å². The van der Waals surface area contributed by atoms with Gasteiger partial charge in [-0.05, 0) is 68.0 Å². The number of carbonyl (C=O) groups excluding carboxylic acids is 6. The van der Waals surface area contributed by atoms with Gasteiger partial charge in [0.15, 0.2) is 0 Å². The molecule has 0 bridgehead atoms. The highest BCUT2D eigenvalue weighted by Crippen LogP contribution is 2.12. The summed E-state index contributed by atoms with van der Waals surface area (Å²) >= 11 is 0. The summed E-state index contributed by atoms with van der Waals surface area (Å²) in [4.78, 5) is 91.9. The van der Waals surface area contributed by atoms with E-state index in [1.807, 2.05) is 0 Å². The molecule has 3 aromatic rings. The van der Waals surface area contributed by atoms with Crippen LogP contribution in [0.2, 0.25) is 0 Å². The molecule has 0 saturated carbocycles. The van der Waals surface area contributed by atoms with Crippen LogP contribution in [0.25, 0.3) is 0 Å². The minimum Gasteiger partial charge on any atom is -0.508 e. The highest BCUT2D eigenvalue weighted by molar-refractivity contribution is 5.97. The van der Waals surface area contributed by atoms with Crippen LogP contribution in [0.15, 0.2) is 84.9 Å². The summed E-state index contributed by atoms with van der Waals surface area (Å²) in [5, 5.41) is 54.3. The van der Waals surface area contributed by atoms with E-state index in [4.69, 9.17) is 11.5 Å². The largest absolute Gasteiger partial charge is 0.508 e. The molecule has 0 aliphatic carbocycles. The number of phenols is 1. The van der Waals surface area contributed by atoms with Gasteiger partial charge in [0.05, 0.1) is 25.3 Å². The van der Waals surface area contributed by atoms with Gasteiger partial charge in [-0.25, -0.2) is 4.79 Å². The van der Waals surface area contributed by atoms with E-state index in [0.717, 1.165) is 0 Å². The first-order valence-electron chi connectivity index (χ1n) is 19.7. The van der Waals surface area contributed by atoms with E-state index in [1.165, 1.54) is 19.1 Å². The van der Waals surface area contributed by atoms with Crippen LogP contribution in [0.3, 0.4) is 0 Å². The third kappa shape index (κ3) is 17.0. The number of nitrogens with two attached hydrogens (primary N) is 2. The number of hydrogen-bond donors (Lipinski definition) is 12. The number of amides is 6. The molecule has 0 heterocycles. The van der Waals surface area contributed by atoms with Crippen molar-refractivity contribution in [2.45, 2.75) is 87.8 Å². The molecular formula is C42H56N8O11. The Kier molecular flexibility index (Phi) is 20.3. The Bertz CT molecular complexity index is 1900. The van der Waals surface area contributed by atoms with Crippen LogP contribution >= 0.6 is 0 Å². The number of carbonyl (C=O) groups is 7. The van der Waals surface area contributed by atoms with E-state index in [9.17, 15) is 54.0 Å².